The maximum absolute atomic E-state index is 12.8. The zero-order chi connectivity index (χ0) is 20.3. The summed E-state index contributed by atoms with van der Waals surface area (Å²) in [7, 11) is -3.42. The molecule has 1 aliphatic heterocycles. The lowest BCUT2D eigenvalue weighted by atomic mass is 9.64. The first kappa shape index (κ1) is 20.6. The second-order valence-corrected chi connectivity index (χ2v) is 11.5. The number of sulfonamides is 1. The van der Waals surface area contributed by atoms with Crippen molar-refractivity contribution < 1.29 is 13.2 Å². The number of thiophene rings is 1. The van der Waals surface area contributed by atoms with Crippen molar-refractivity contribution in [2.24, 2.45) is 0 Å². The Bertz CT molecular complexity index is 943. The van der Waals surface area contributed by atoms with Crippen LogP contribution < -0.4 is 5.32 Å². The maximum Gasteiger partial charge on any atom is 0.252 e. The molecule has 0 bridgehead atoms. The summed E-state index contributed by atoms with van der Waals surface area (Å²) < 4.78 is 27.5. The van der Waals surface area contributed by atoms with Gasteiger partial charge in [0.05, 0.1) is 6.42 Å². The minimum atomic E-state index is -3.42. The molecule has 1 aliphatic carbocycles. The smallest absolute Gasteiger partial charge is 0.252 e. The zero-order valence-electron chi connectivity index (χ0n) is 16.6. The summed E-state index contributed by atoms with van der Waals surface area (Å²) in [5.74, 6) is -0.0454. The minimum absolute atomic E-state index is 0.0454. The molecule has 1 amide bonds. The molecule has 2 heterocycles. The second kappa shape index (κ2) is 8.58. The standard InChI is InChI=1S/C22H28N2O3S2/c25-20(23-17-22(12-7-13-22)18-8-3-1-4-9-18)16-19-10-11-21(28-19)29(26,27)24-14-5-2-6-15-24/h1,3-4,8-11H,2,5-7,12-17H2,(H,23,25). The van der Waals surface area contributed by atoms with E-state index >= 15 is 0 Å². The lowest BCUT2D eigenvalue weighted by Crippen LogP contribution is -2.45. The van der Waals surface area contributed by atoms with E-state index in [4.69, 9.17) is 0 Å². The predicted octanol–water partition coefficient (Wildman–Crippen LogP) is 3.70. The van der Waals surface area contributed by atoms with Crippen molar-refractivity contribution in [3.05, 3.63) is 52.9 Å². The highest BCUT2D eigenvalue weighted by atomic mass is 32.2. The van der Waals surface area contributed by atoms with Crippen LogP contribution in [0.2, 0.25) is 0 Å². The number of nitrogens with zero attached hydrogens (tertiary/aromatic N) is 1. The Morgan fingerprint density at radius 2 is 1.72 bits per heavy atom. The van der Waals surface area contributed by atoms with Gasteiger partial charge in [-0.05, 0) is 43.4 Å². The molecule has 1 saturated carbocycles. The van der Waals surface area contributed by atoms with Gasteiger partial charge >= 0.3 is 0 Å². The van der Waals surface area contributed by atoms with Crippen molar-refractivity contribution >= 4 is 27.3 Å². The molecule has 29 heavy (non-hydrogen) atoms. The molecule has 0 radical (unpaired) electrons. The van der Waals surface area contributed by atoms with Gasteiger partial charge < -0.3 is 5.32 Å². The monoisotopic (exact) mass is 432 g/mol. The molecule has 7 heteroatoms. The van der Waals surface area contributed by atoms with Gasteiger partial charge in [0, 0.05) is 29.9 Å². The van der Waals surface area contributed by atoms with Gasteiger partial charge in [-0.3, -0.25) is 4.79 Å². The highest BCUT2D eigenvalue weighted by Gasteiger charge is 2.38. The van der Waals surface area contributed by atoms with E-state index in [0.717, 1.165) is 37.0 Å². The van der Waals surface area contributed by atoms with Crippen LogP contribution in [0.15, 0.2) is 46.7 Å². The van der Waals surface area contributed by atoms with Gasteiger partial charge in [-0.1, -0.05) is 43.2 Å². The SMILES string of the molecule is O=C(Cc1ccc(S(=O)(=O)N2CCCCC2)s1)NCC1(c2ccccc2)CCC1. The van der Waals surface area contributed by atoms with Crippen LogP contribution in [-0.2, 0) is 26.7 Å². The molecule has 0 atom stereocenters. The van der Waals surface area contributed by atoms with E-state index in [2.05, 4.69) is 17.4 Å². The van der Waals surface area contributed by atoms with Gasteiger partial charge in [0.2, 0.25) is 5.91 Å². The summed E-state index contributed by atoms with van der Waals surface area (Å²) in [5.41, 5.74) is 1.34. The van der Waals surface area contributed by atoms with Crippen LogP contribution in [0.25, 0.3) is 0 Å². The Kier molecular flexibility index (Phi) is 6.08. The van der Waals surface area contributed by atoms with E-state index in [-0.39, 0.29) is 17.7 Å². The molecule has 1 aromatic carbocycles. The number of hydrogen-bond acceptors (Lipinski definition) is 4. The van der Waals surface area contributed by atoms with Crippen LogP contribution in [0.3, 0.4) is 0 Å². The maximum atomic E-state index is 12.8. The number of carbonyl (C=O) groups excluding carboxylic acids is 1. The molecule has 5 nitrogen and oxygen atoms in total. The van der Waals surface area contributed by atoms with Crippen LogP contribution in [0.5, 0.6) is 0 Å². The lowest BCUT2D eigenvalue weighted by molar-refractivity contribution is -0.120. The molecule has 4 rings (SSSR count). The fraction of sp³-hybridized carbons (Fsp3) is 0.500. The van der Waals surface area contributed by atoms with Crippen molar-refractivity contribution in [1.29, 1.82) is 0 Å². The van der Waals surface area contributed by atoms with E-state index in [1.807, 2.05) is 18.2 Å². The number of amides is 1. The molecule has 2 aliphatic rings. The third-order valence-corrected chi connectivity index (χ3v) is 9.65. The number of carbonyl (C=O) groups is 1. The van der Waals surface area contributed by atoms with Gasteiger partial charge in [0.25, 0.3) is 10.0 Å². The number of rotatable bonds is 7. The molecular formula is C22H28N2O3S2. The third-order valence-electron chi connectivity index (χ3n) is 6.20. The zero-order valence-corrected chi connectivity index (χ0v) is 18.2. The first-order valence-electron chi connectivity index (χ1n) is 10.4. The first-order chi connectivity index (χ1) is 14.0. The average Bonchev–Trinajstić information content (AvgIpc) is 3.18. The van der Waals surface area contributed by atoms with E-state index in [0.29, 0.717) is 23.8 Å². The summed E-state index contributed by atoms with van der Waals surface area (Å²) in [6.07, 6.45) is 6.53. The van der Waals surface area contributed by atoms with Crippen molar-refractivity contribution in [3.8, 4) is 0 Å². The number of nitrogens with one attached hydrogen (secondary N) is 1. The van der Waals surface area contributed by atoms with Crippen LogP contribution in [0, 0.1) is 0 Å². The largest absolute Gasteiger partial charge is 0.355 e. The molecule has 1 aromatic heterocycles. The van der Waals surface area contributed by atoms with E-state index in [1.165, 1.54) is 23.3 Å². The molecule has 156 valence electrons. The molecule has 2 aromatic rings. The van der Waals surface area contributed by atoms with Crippen LogP contribution in [0.4, 0.5) is 0 Å². The molecular weight excluding hydrogens is 404 g/mol. The highest BCUT2D eigenvalue weighted by molar-refractivity contribution is 7.91. The summed E-state index contributed by atoms with van der Waals surface area (Å²) in [6, 6.07) is 13.8. The first-order valence-corrected chi connectivity index (χ1v) is 12.7. The average molecular weight is 433 g/mol. The van der Waals surface area contributed by atoms with Crippen LogP contribution >= 0.6 is 11.3 Å². The Morgan fingerprint density at radius 3 is 2.38 bits per heavy atom. The molecule has 1 N–H and O–H groups in total. The van der Waals surface area contributed by atoms with E-state index in [1.54, 1.807) is 16.4 Å². The van der Waals surface area contributed by atoms with Crippen LogP contribution in [0.1, 0.15) is 49.0 Å². The van der Waals surface area contributed by atoms with E-state index < -0.39 is 10.0 Å². The summed E-state index contributed by atoms with van der Waals surface area (Å²) >= 11 is 1.22. The lowest BCUT2D eigenvalue weighted by Gasteiger charge is -2.42. The predicted molar refractivity (Wildman–Crippen MR) is 116 cm³/mol. The van der Waals surface area contributed by atoms with Crippen LogP contribution in [-0.4, -0.2) is 38.3 Å². The normalized spacial score (nSPS) is 19.4. The fourth-order valence-electron chi connectivity index (χ4n) is 4.28. The third kappa shape index (κ3) is 4.42. The van der Waals surface area contributed by atoms with Crippen molar-refractivity contribution in [2.45, 2.75) is 54.6 Å². The molecule has 1 saturated heterocycles. The minimum Gasteiger partial charge on any atom is -0.355 e. The van der Waals surface area contributed by atoms with Gasteiger partial charge in [0.1, 0.15) is 4.21 Å². The van der Waals surface area contributed by atoms with Crippen molar-refractivity contribution in [2.75, 3.05) is 19.6 Å². The Hall–Kier alpha value is -1.70. The topological polar surface area (TPSA) is 66.5 Å². The molecule has 2 fully saturated rings. The summed E-state index contributed by atoms with van der Waals surface area (Å²) in [4.78, 5) is 13.3. The number of hydrogen-bond donors (Lipinski definition) is 1. The number of benzene rings is 1. The van der Waals surface area contributed by atoms with Gasteiger partial charge in [-0.2, -0.15) is 4.31 Å². The summed E-state index contributed by atoms with van der Waals surface area (Å²) in [5, 5.41) is 3.09. The van der Waals surface area contributed by atoms with E-state index in [9.17, 15) is 13.2 Å². The molecule has 0 unspecified atom stereocenters. The Labute approximate surface area is 177 Å². The molecule has 0 spiro atoms. The summed E-state index contributed by atoms with van der Waals surface area (Å²) in [6.45, 7) is 1.83. The highest BCUT2D eigenvalue weighted by Crippen LogP contribution is 2.43. The number of piperidine rings is 1. The quantitative estimate of drug-likeness (QED) is 0.725. The fourth-order valence-corrected chi connectivity index (χ4v) is 7.30. The van der Waals surface area contributed by atoms with Crippen molar-refractivity contribution in [3.63, 3.8) is 0 Å². The van der Waals surface area contributed by atoms with Gasteiger partial charge in [-0.25, -0.2) is 8.42 Å². The van der Waals surface area contributed by atoms with Gasteiger partial charge in [0.15, 0.2) is 0 Å². The van der Waals surface area contributed by atoms with Gasteiger partial charge in [-0.15, -0.1) is 11.3 Å². The Morgan fingerprint density at radius 1 is 1.00 bits per heavy atom. The Balaban J connectivity index is 1.36. The second-order valence-electron chi connectivity index (χ2n) is 8.14. The van der Waals surface area contributed by atoms with Crippen molar-refractivity contribution in [1.82, 2.24) is 9.62 Å².